The van der Waals surface area contributed by atoms with Gasteiger partial charge in [-0.3, -0.25) is 15.6 Å². The highest BCUT2D eigenvalue weighted by Gasteiger charge is 2.04. The average molecular weight is 333 g/mol. The minimum Gasteiger partial charge on any atom is -0.508 e. The summed E-state index contributed by atoms with van der Waals surface area (Å²) in [5, 5.41) is 12.2. The number of thiocarbonyl (C=S) groups is 1. The standard InChI is InChI=1S/C16H16FN3O2S/c17-12-4-6-13(7-5-12)18-16(23)20-19-15(22)10-3-11-1-8-14(21)9-2-11/h1-2,4-9,21H,3,10H2,(H,19,22)(H2,18,20,23). The van der Waals surface area contributed by atoms with Crippen LogP contribution in [0.25, 0.3) is 0 Å². The van der Waals surface area contributed by atoms with Crippen LogP contribution in [0.2, 0.25) is 0 Å². The lowest BCUT2D eigenvalue weighted by atomic mass is 10.1. The first-order valence-corrected chi connectivity index (χ1v) is 7.33. The van der Waals surface area contributed by atoms with Gasteiger partial charge in [0.25, 0.3) is 0 Å². The largest absolute Gasteiger partial charge is 0.508 e. The molecule has 0 aliphatic rings. The molecule has 7 heteroatoms. The molecule has 0 aliphatic carbocycles. The van der Waals surface area contributed by atoms with Crippen molar-refractivity contribution in [3.8, 4) is 5.75 Å². The van der Waals surface area contributed by atoms with Crippen LogP contribution in [-0.2, 0) is 11.2 Å². The Morgan fingerprint density at radius 2 is 1.70 bits per heavy atom. The molecule has 0 aliphatic heterocycles. The number of carbonyl (C=O) groups is 1. The molecule has 0 bridgehead atoms. The molecule has 5 nitrogen and oxygen atoms in total. The number of carbonyl (C=O) groups excluding carboxylic acids is 1. The maximum absolute atomic E-state index is 12.8. The molecule has 23 heavy (non-hydrogen) atoms. The first-order valence-electron chi connectivity index (χ1n) is 6.92. The first-order chi connectivity index (χ1) is 11.0. The number of hydrazine groups is 1. The molecule has 120 valence electrons. The minimum atomic E-state index is -0.336. The molecule has 0 radical (unpaired) electrons. The van der Waals surface area contributed by atoms with Gasteiger partial charge in [-0.15, -0.1) is 0 Å². The molecule has 2 rings (SSSR count). The van der Waals surface area contributed by atoms with Gasteiger partial charge in [-0.2, -0.15) is 0 Å². The number of aromatic hydroxyl groups is 1. The number of phenolic OH excluding ortho intramolecular Hbond substituents is 1. The van der Waals surface area contributed by atoms with Crippen LogP contribution in [0.3, 0.4) is 0 Å². The Labute approximate surface area is 138 Å². The van der Waals surface area contributed by atoms with Crippen molar-refractivity contribution in [2.75, 3.05) is 5.32 Å². The zero-order valence-corrected chi connectivity index (χ0v) is 13.0. The third-order valence-electron chi connectivity index (χ3n) is 2.99. The Kier molecular flexibility index (Phi) is 5.87. The van der Waals surface area contributed by atoms with Crippen LogP contribution in [0.1, 0.15) is 12.0 Å². The maximum atomic E-state index is 12.8. The molecule has 0 atom stereocenters. The van der Waals surface area contributed by atoms with Gasteiger partial charge in [-0.1, -0.05) is 12.1 Å². The van der Waals surface area contributed by atoms with Crippen LogP contribution in [0.4, 0.5) is 10.1 Å². The Morgan fingerprint density at radius 1 is 1.04 bits per heavy atom. The molecular weight excluding hydrogens is 317 g/mol. The van der Waals surface area contributed by atoms with E-state index in [0.29, 0.717) is 12.1 Å². The summed E-state index contributed by atoms with van der Waals surface area (Å²) < 4.78 is 12.8. The van der Waals surface area contributed by atoms with E-state index in [9.17, 15) is 14.3 Å². The van der Waals surface area contributed by atoms with E-state index >= 15 is 0 Å². The number of hydrogen-bond acceptors (Lipinski definition) is 3. The molecule has 2 aromatic carbocycles. The van der Waals surface area contributed by atoms with Gasteiger partial charge in [0.2, 0.25) is 5.91 Å². The van der Waals surface area contributed by atoms with Crippen LogP contribution in [-0.4, -0.2) is 16.1 Å². The molecule has 1 amide bonds. The van der Waals surface area contributed by atoms with Gasteiger partial charge in [-0.25, -0.2) is 4.39 Å². The van der Waals surface area contributed by atoms with E-state index in [-0.39, 0.29) is 29.0 Å². The molecule has 2 aromatic rings. The van der Waals surface area contributed by atoms with Crippen molar-refractivity contribution in [1.82, 2.24) is 10.9 Å². The zero-order chi connectivity index (χ0) is 16.7. The van der Waals surface area contributed by atoms with Crippen LogP contribution < -0.4 is 16.2 Å². The number of halogens is 1. The topological polar surface area (TPSA) is 73.4 Å². The summed E-state index contributed by atoms with van der Waals surface area (Å²) in [6.07, 6.45) is 0.822. The number of rotatable bonds is 4. The van der Waals surface area contributed by atoms with Crippen molar-refractivity contribution in [1.29, 1.82) is 0 Å². The molecule has 0 heterocycles. The average Bonchev–Trinajstić information content (AvgIpc) is 2.54. The molecule has 4 N–H and O–H groups in total. The molecular formula is C16H16FN3O2S. The summed E-state index contributed by atoms with van der Waals surface area (Å²) in [5.41, 5.74) is 6.62. The number of aryl methyl sites for hydroxylation is 1. The van der Waals surface area contributed by atoms with E-state index in [4.69, 9.17) is 12.2 Å². The summed E-state index contributed by atoms with van der Waals surface area (Å²) in [7, 11) is 0. The molecule has 0 aromatic heterocycles. The molecule has 0 fully saturated rings. The summed E-state index contributed by atoms with van der Waals surface area (Å²) in [5.74, 6) is -0.365. The Morgan fingerprint density at radius 3 is 2.35 bits per heavy atom. The minimum absolute atomic E-state index is 0.192. The van der Waals surface area contributed by atoms with Crippen molar-refractivity contribution in [2.45, 2.75) is 12.8 Å². The highest BCUT2D eigenvalue weighted by atomic mass is 32.1. The monoisotopic (exact) mass is 333 g/mol. The Balaban J connectivity index is 1.70. The predicted molar refractivity (Wildman–Crippen MR) is 90.3 cm³/mol. The van der Waals surface area contributed by atoms with Crippen molar-refractivity contribution in [2.24, 2.45) is 0 Å². The lowest BCUT2D eigenvalue weighted by Crippen LogP contribution is -2.43. The van der Waals surface area contributed by atoms with Gasteiger partial charge >= 0.3 is 0 Å². The number of benzene rings is 2. The number of anilines is 1. The van der Waals surface area contributed by atoms with E-state index in [1.54, 1.807) is 24.3 Å². The number of nitrogens with one attached hydrogen (secondary N) is 3. The van der Waals surface area contributed by atoms with Gasteiger partial charge in [0.05, 0.1) is 0 Å². The molecule has 0 spiro atoms. The first kappa shape index (κ1) is 16.7. The van der Waals surface area contributed by atoms with E-state index in [1.165, 1.54) is 24.3 Å². The second kappa shape index (κ2) is 8.09. The second-order valence-corrected chi connectivity index (χ2v) is 5.21. The Hall–Kier alpha value is -2.67. The number of hydrogen-bond donors (Lipinski definition) is 4. The lowest BCUT2D eigenvalue weighted by molar-refractivity contribution is -0.121. The normalized spacial score (nSPS) is 9.96. The smallest absolute Gasteiger partial charge is 0.238 e. The fraction of sp³-hybridized carbons (Fsp3) is 0.125. The summed E-state index contributed by atoms with van der Waals surface area (Å²) in [4.78, 5) is 11.7. The highest BCUT2D eigenvalue weighted by molar-refractivity contribution is 7.80. The Bertz CT molecular complexity index is 675. The summed E-state index contributed by atoms with van der Waals surface area (Å²) >= 11 is 5.02. The van der Waals surface area contributed by atoms with Crippen LogP contribution >= 0.6 is 12.2 Å². The molecule has 0 unspecified atom stereocenters. The van der Waals surface area contributed by atoms with Crippen molar-refractivity contribution in [3.05, 3.63) is 59.9 Å². The van der Waals surface area contributed by atoms with Crippen molar-refractivity contribution in [3.63, 3.8) is 0 Å². The van der Waals surface area contributed by atoms with Gasteiger partial charge < -0.3 is 10.4 Å². The maximum Gasteiger partial charge on any atom is 0.238 e. The molecule has 0 saturated carbocycles. The van der Waals surface area contributed by atoms with Crippen molar-refractivity contribution >= 4 is 28.9 Å². The second-order valence-electron chi connectivity index (χ2n) is 4.80. The van der Waals surface area contributed by atoms with E-state index in [2.05, 4.69) is 16.2 Å². The summed E-state index contributed by atoms with van der Waals surface area (Å²) in [6.45, 7) is 0. The van der Waals surface area contributed by atoms with Gasteiger partial charge in [-0.05, 0) is 60.6 Å². The fourth-order valence-electron chi connectivity index (χ4n) is 1.81. The predicted octanol–water partition coefficient (Wildman–Crippen LogP) is 2.48. The fourth-order valence-corrected chi connectivity index (χ4v) is 1.97. The zero-order valence-electron chi connectivity index (χ0n) is 12.2. The lowest BCUT2D eigenvalue weighted by Gasteiger charge is -2.11. The third kappa shape index (κ3) is 5.91. The van der Waals surface area contributed by atoms with Gasteiger partial charge in [0.1, 0.15) is 11.6 Å². The van der Waals surface area contributed by atoms with Gasteiger partial charge in [0, 0.05) is 12.1 Å². The van der Waals surface area contributed by atoms with Crippen LogP contribution in [0.5, 0.6) is 5.75 Å². The van der Waals surface area contributed by atoms with Crippen LogP contribution in [0.15, 0.2) is 48.5 Å². The van der Waals surface area contributed by atoms with E-state index < -0.39 is 0 Å². The SMILES string of the molecule is O=C(CCc1ccc(O)cc1)NNC(=S)Nc1ccc(F)cc1. The van der Waals surface area contributed by atoms with Crippen molar-refractivity contribution < 1.29 is 14.3 Å². The van der Waals surface area contributed by atoms with E-state index in [0.717, 1.165) is 5.56 Å². The third-order valence-corrected chi connectivity index (χ3v) is 3.20. The molecule has 0 saturated heterocycles. The summed E-state index contributed by atoms with van der Waals surface area (Å²) in [6, 6.07) is 12.4. The van der Waals surface area contributed by atoms with E-state index in [1.807, 2.05) is 0 Å². The highest BCUT2D eigenvalue weighted by Crippen LogP contribution is 2.11. The van der Waals surface area contributed by atoms with Crippen LogP contribution in [0, 0.1) is 5.82 Å². The van der Waals surface area contributed by atoms with Gasteiger partial charge in [0.15, 0.2) is 5.11 Å². The number of phenols is 1. The number of amides is 1. The quantitative estimate of drug-likeness (QED) is 0.511.